The Kier molecular flexibility index (Phi) is 4.04. The van der Waals surface area contributed by atoms with Gasteiger partial charge in [-0.2, -0.15) is 0 Å². The van der Waals surface area contributed by atoms with Crippen LogP contribution in [0.3, 0.4) is 0 Å². The summed E-state index contributed by atoms with van der Waals surface area (Å²) in [6.45, 7) is 1.90. The lowest BCUT2D eigenvalue weighted by Gasteiger charge is -2.24. The molecule has 0 saturated heterocycles. The molecule has 1 N–H and O–H groups in total. The zero-order valence-corrected chi connectivity index (χ0v) is 12.1. The third kappa shape index (κ3) is 2.51. The number of benzene rings is 2. The topological polar surface area (TPSA) is 29.5 Å². The molecule has 0 spiro atoms. The first-order chi connectivity index (χ1) is 9.51. The number of aliphatic hydroxyl groups is 1. The Morgan fingerprint density at radius 1 is 1.15 bits per heavy atom. The van der Waals surface area contributed by atoms with Gasteiger partial charge in [-0.25, -0.2) is 0 Å². The molecule has 0 radical (unpaired) electrons. The zero-order valence-electron chi connectivity index (χ0n) is 11.4. The fourth-order valence-electron chi connectivity index (χ4n) is 1.98. The number of ether oxygens (including phenoxy) is 1. The van der Waals surface area contributed by atoms with E-state index in [0.717, 1.165) is 5.56 Å². The van der Waals surface area contributed by atoms with Crippen LogP contribution in [-0.2, 0) is 5.60 Å². The summed E-state index contributed by atoms with van der Waals surface area (Å²) in [5.41, 5.74) is 0.592. The molecule has 0 aliphatic heterocycles. The number of methoxy groups -OCH3 is 1. The molecule has 102 valence electrons. The van der Waals surface area contributed by atoms with Crippen LogP contribution < -0.4 is 4.74 Å². The highest BCUT2D eigenvalue weighted by molar-refractivity contribution is 6.31. The molecule has 20 heavy (non-hydrogen) atoms. The van der Waals surface area contributed by atoms with Crippen LogP contribution in [0, 0.1) is 19.3 Å². The molecule has 0 aliphatic rings. The van der Waals surface area contributed by atoms with Crippen LogP contribution in [0.5, 0.6) is 5.75 Å². The summed E-state index contributed by atoms with van der Waals surface area (Å²) in [5.74, 6) is 3.16. The van der Waals surface area contributed by atoms with E-state index in [4.69, 9.17) is 22.8 Å². The Hall–Kier alpha value is -1.95. The summed E-state index contributed by atoms with van der Waals surface area (Å²) in [6.07, 6.45) is 5.56. The molecule has 1 atom stereocenters. The van der Waals surface area contributed by atoms with Crippen LogP contribution in [0.4, 0.5) is 0 Å². The summed E-state index contributed by atoms with van der Waals surface area (Å²) in [4.78, 5) is 0. The Morgan fingerprint density at radius 3 is 2.25 bits per heavy atom. The largest absolute Gasteiger partial charge is 0.497 e. The maximum absolute atomic E-state index is 10.8. The first kappa shape index (κ1) is 14.5. The average molecular weight is 287 g/mol. The normalized spacial score (nSPS) is 13.3. The van der Waals surface area contributed by atoms with Gasteiger partial charge in [0.2, 0.25) is 0 Å². The molecule has 3 heteroatoms. The summed E-state index contributed by atoms with van der Waals surface area (Å²) >= 11 is 6.11. The number of hydrogen-bond acceptors (Lipinski definition) is 2. The first-order valence-electron chi connectivity index (χ1n) is 6.12. The smallest absolute Gasteiger partial charge is 0.176 e. The van der Waals surface area contributed by atoms with Crippen LogP contribution in [0.25, 0.3) is 0 Å². The van der Waals surface area contributed by atoms with Gasteiger partial charge in [0.15, 0.2) is 5.60 Å². The van der Waals surface area contributed by atoms with Crippen LogP contribution in [-0.4, -0.2) is 12.2 Å². The van der Waals surface area contributed by atoms with Gasteiger partial charge in [0.05, 0.1) is 7.11 Å². The second kappa shape index (κ2) is 5.58. The van der Waals surface area contributed by atoms with Gasteiger partial charge in [0.25, 0.3) is 0 Å². The van der Waals surface area contributed by atoms with Crippen molar-refractivity contribution in [3.8, 4) is 18.1 Å². The highest BCUT2D eigenvalue weighted by Gasteiger charge is 2.29. The van der Waals surface area contributed by atoms with E-state index in [9.17, 15) is 5.11 Å². The lowest BCUT2D eigenvalue weighted by Crippen LogP contribution is -2.25. The number of rotatable bonds is 3. The van der Waals surface area contributed by atoms with E-state index in [1.807, 2.05) is 13.0 Å². The Balaban J connectivity index is 2.52. The van der Waals surface area contributed by atoms with Crippen molar-refractivity contribution in [3.63, 3.8) is 0 Å². The molecular weight excluding hydrogens is 272 g/mol. The van der Waals surface area contributed by atoms with Crippen molar-refractivity contribution >= 4 is 11.6 Å². The second-order valence-corrected chi connectivity index (χ2v) is 4.95. The maximum atomic E-state index is 10.8. The van der Waals surface area contributed by atoms with Gasteiger partial charge in [-0.1, -0.05) is 41.8 Å². The van der Waals surface area contributed by atoms with Crippen LogP contribution in [0.2, 0.25) is 5.02 Å². The van der Waals surface area contributed by atoms with Gasteiger partial charge >= 0.3 is 0 Å². The minimum atomic E-state index is -1.51. The van der Waals surface area contributed by atoms with E-state index in [2.05, 4.69) is 5.92 Å². The molecule has 2 rings (SSSR count). The molecule has 0 heterocycles. The molecule has 0 saturated carbocycles. The van der Waals surface area contributed by atoms with Gasteiger partial charge in [-0.15, -0.1) is 6.42 Å². The second-order valence-electron chi connectivity index (χ2n) is 4.55. The van der Waals surface area contributed by atoms with Crippen molar-refractivity contribution in [3.05, 3.63) is 64.2 Å². The van der Waals surface area contributed by atoms with Gasteiger partial charge < -0.3 is 9.84 Å². The average Bonchev–Trinajstić information content (AvgIpc) is 2.49. The number of hydrogen-bond donors (Lipinski definition) is 1. The molecule has 2 aromatic carbocycles. The SMILES string of the molecule is C#CC(O)(c1ccc(OC)cc1)c1ccc(C)c(Cl)c1. The first-order valence-corrected chi connectivity index (χ1v) is 6.50. The molecule has 0 amide bonds. The number of halogens is 1. The molecule has 0 aromatic heterocycles. The molecule has 2 aromatic rings. The Labute approximate surface area is 124 Å². The lowest BCUT2D eigenvalue weighted by atomic mass is 9.87. The predicted molar refractivity (Wildman–Crippen MR) is 81.0 cm³/mol. The van der Waals surface area contributed by atoms with Crippen LogP contribution in [0.1, 0.15) is 16.7 Å². The molecular formula is C17H15ClO2. The molecule has 0 fully saturated rings. The molecule has 0 bridgehead atoms. The van der Waals surface area contributed by atoms with E-state index in [-0.39, 0.29) is 0 Å². The van der Waals surface area contributed by atoms with Crippen molar-refractivity contribution in [2.24, 2.45) is 0 Å². The van der Waals surface area contributed by atoms with E-state index in [0.29, 0.717) is 21.9 Å². The van der Waals surface area contributed by atoms with Crippen LogP contribution in [0.15, 0.2) is 42.5 Å². The molecule has 1 unspecified atom stereocenters. The number of aryl methyl sites for hydroxylation is 1. The summed E-state index contributed by atoms with van der Waals surface area (Å²) in [7, 11) is 1.59. The maximum Gasteiger partial charge on any atom is 0.176 e. The van der Waals surface area contributed by atoms with Gasteiger partial charge in [-0.05, 0) is 30.7 Å². The Morgan fingerprint density at radius 2 is 1.75 bits per heavy atom. The predicted octanol–water partition coefficient (Wildman–Crippen LogP) is 3.53. The van der Waals surface area contributed by atoms with Crippen molar-refractivity contribution < 1.29 is 9.84 Å². The third-order valence-corrected chi connectivity index (χ3v) is 3.71. The van der Waals surface area contributed by atoms with Crippen molar-refractivity contribution in [1.82, 2.24) is 0 Å². The van der Waals surface area contributed by atoms with Crippen LogP contribution >= 0.6 is 11.6 Å². The van der Waals surface area contributed by atoms with Crippen molar-refractivity contribution in [2.45, 2.75) is 12.5 Å². The quantitative estimate of drug-likeness (QED) is 0.875. The summed E-state index contributed by atoms with van der Waals surface area (Å²) in [6, 6.07) is 12.3. The highest BCUT2D eigenvalue weighted by atomic mass is 35.5. The van der Waals surface area contributed by atoms with Gasteiger partial charge in [-0.3, -0.25) is 0 Å². The number of terminal acetylenes is 1. The fourth-order valence-corrected chi connectivity index (χ4v) is 2.16. The highest BCUT2D eigenvalue weighted by Crippen LogP contribution is 2.32. The zero-order chi connectivity index (χ0) is 14.8. The van der Waals surface area contributed by atoms with Crippen molar-refractivity contribution in [1.29, 1.82) is 0 Å². The van der Waals surface area contributed by atoms with E-state index in [1.54, 1.807) is 43.5 Å². The Bertz CT molecular complexity index is 656. The molecule has 2 nitrogen and oxygen atoms in total. The monoisotopic (exact) mass is 286 g/mol. The van der Waals surface area contributed by atoms with E-state index in [1.165, 1.54) is 0 Å². The van der Waals surface area contributed by atoms with E-state index >= 15 is 0 Å². The minimum Gasteiger partial charge on any atom is -0.497 e. The fraction of sp³-hybridized carbons (Fsp3) is 0.176. The van der Waals surface area contributed by atoms with E-state index < -0.39 is 5.60 Å². The minimum absolute atomic E-state index is 0.570. The lowest BCUT2D eigenvalue weighted by molar-refractivity contribution is 0.145. The van der Waals surface area contributed by atoms with Gasteiger partial charge in [0.1, 0.15) is 5.75 Å². The molecule has 0 aliphatic carbocycles. The van der Waals surface area contributed by atoms with Gasteiger partial charge in [0, 0.05) is 16.1 Å². The van der Waals surface area contributed by atoms with Crippen molar-refractivity contribution in [2.75, 3.05) is 7.11 Å². The summed E-state index contributed by atoms with van der Waals surface area (Å²) in [5, 5.41) is 11.4. The standard InChI is InChI=1S/C17H15ClO2/c1-4-17(19,13-7-9-15(20-3)10-8-13)14-6-5-12(2)16(18)11-14/h1,5-11,19H,2-3H3. The third-order valence-electron chi connectivity index (χ3n) is 3.31. The summed E-state index contributed by atoms with van der Waals surface area (Å²) < 4.78 is 5.10.